The second kappa shape index (κ2) is 5.45. The molecule has 0 unspecified atom stereocenters. The molecule has 1 saturated heterocycles. The highest BCUT2D eigenvalue weighted by Crippen LogP contribution is 2.49. The van der Waals surface area contributed by atoms with Gasteiger partial charge in [0.2, 0.25) is 5.91 Å². The first-order valence-corrected chi connectivity index (χ1v) is 8.09. The molecule has 1 aromatic carbocycles. The molecule has 1 spiro atoms. The molecule has 2 fully saturated rings. The van der Waals surface area contributed by atoms with E-state index in [-0.39, 0.29) is 11.3 Å². The Balaban J connectivity index is 1.73. The lowest BCUT2D eigenvalue weighted by Crippen LogP contribution is -2.43. The van der Waals surface area contributed by atoms with Crippen molar-refractivity contribution < 1.29 is 9.90 Å². The average molecular weight is 286 g/mol. The number of benzene rings is 1. The standard InChI is InChI=1S/C18H24NO2/c1-2-8-18(21)11-9-17(10-12-18)13-14-19(16(17)20)15-6-4-3-5-7-15/h4-7,21H,2,8-14H2,1H3/t17-,18+. The van der Waals surface area contributed by atoms with Gasteiger partial charge in [0.25, 0.3) is 0 Å². The van der Waals surface area contributed by atoms with Crippen LogP contribution in [0.15, 0.2) is 24.3 Å². The van der Waals surface area contributed by atoms with Crippen LogP contribution in [0, 0.1) is 11.5 Å². The molecule has 113 valence electrons. The molecule has 0 aromatic heterocycles. The second-order valence-electron chi connectivity index (χ2n) is 6.72. The van der Waals surface area contributed by atoms with Crippen molar-refractivity contribution in [2.24, 2.45) is 5.41 Å². The van der Waals surface area contributed by atoms with Crippen LogP contribution in [0.25, 0.3) is 0 Å². The highest BCUT2D eigenvalue weighted by atomic mass is 16.3. The van der Waals surface area contributed by atoms with Crippen LogP contribution in [0.4, 0.5) is 5.69 Å². The third kappa shape index (κ3) is 2.59. The highest BCUT2D eigenvalue weighted by Gasteiger charge is 2.51. The van der Waals surface area contributed by atoms with Crippen molar-refractivity contribution in [2.45, 2.75) is 57.5 Å². The van der Waals surface area contributed by atoms with Crippen LogP contribution in [0.1, 0.15) is 51.9 Å². The Morgan fingerprint density at radius 1 is 1.19 bits per heavy atom. The van der Waals surface area contributed by atoms with Gasteiger partial charge < -0.3 is 10.0 Å². The molecular formula is C18H24NO2. The Morgan fingerprint density at radius 2 is 1.86 bits per heavy atom. The van der Waals surface area contributed by atoms with Crippen LogP contribution in [-0.4, -0.2) is 23.2 Å². The lowest BCUT2D eigenvalue weighted by Gasteiger charge is -2.41. The fourth-order valence-electron chi connectivity index (χ4n) is 4.00. The summed E-state index contributed by atoms with van der Waals surface area (Å²) in [6.07, 6.45) is 5.98. The number of carbonyl (C=O) groups excluding carboxylic acids is 1. The molecule has 1 aliphatic heterocycles. The number of hydrogen-bond acceptors (Lipinski definition) is 2. The molecule has 3 heteroatoms. The lowest BCUT2D eigenvalue weighted by molar-refractivity contribution is -0.130. The van der Waals surface area contributed by atoms with E-state index < -0.39 is 5.60 Å². The zero-order valence-corrected chi connectivity index (χ0v) is 12.8. The minimum absolute atomic E-state index is 0.223. The Labute approximate surface area is 127 Å². The van der Waals surface area contributed by atoms with Crippen LogP contribution in [-0.2, 0) is 4.79 Å². The number of hydrogen-bond donors (Lipinski definition) is 1. The van der Waals surface area contributed by atoms with Crippen LogP contribution in [0.3, 0.4) is 0 Å². The lowest BCUT2D eigenvalue weighted by atomic mass is 9.67. The molecule has 0 atom stereocenters. The first-order valence-electron chi connectivity index (χ1n) is 8.09. The van der Waals surface area contributed by atoms with Gasteiger partial charge in [0.1, 0.15) is 0 Å². The van der Waals surface area contributed by atoms with E-state index in [0.717, 1.165) is 57.2 Å². The minimum atomic E-state index is -0.532. The van der Waals surface area contributed by atoms with E-state index in [1.54, 1.807) is 0 Å². The molecule has 1 aliphatic carbocycles. The second-order valence-corrected chi connectivity index (χ2v) is 6.72. The van der Waals surface area contributed by atoms with Crippen molar-refractivity contribution in [2.75, 3.05) is 11.4 Å². The zero-order valence-electron chi connectivity index (χ0n) is 12.8. The molecule has 3 nitrogen and oxygen atoms in total. The number of carbonyl (C=O) groups is 1. The first kappa shape index (κ1) is 14.6. The van der Waals surface area contributed by atoms with Gasteiger partial charge in [-0.25, -0.2) is 0 Å². The highest BCUT2D eigenvalue weighted by molar-refractivity contribution is 5.99. The number of anilines is 1. The summed E-state index contributed by atoms with van der Waals surface area (Å²) in [5.74, 6) is 0.257. The van der Waals surface area contributed by atoms with Crippen LogP contribution in [0.5, 0.6) is 0 Å². The van der Waals surface area contributed by atoms with Crippen molar-refractivity contribution in [3.05, 3.63) is 30.3 Å². The summed E-state index contributed by atoms with van der Waals surface area (Å²) in [7, 11) is 0. The van der Waals surface area contributed by atoms with Gasteiger partial charge in [0.05, 0.1) is 11.0 Å². The average Bonchev–Trinajstić information content (AvgIpc) is 2.81. The van der Waals surface area contributed by atoms with Gasteiger partial charge in [-0.1, -0.05) is 25.5 Å². The zero-order chi connectivity index (χ0) is 14.9. The monoisotopic (exact) mass is 286 g/mol. The van der Waals surface area contributed by atoms with E-state index in [0.29, 0.717) is 0 Å². The maximum Gasteiger partial charge on any atom is 0.233 e. The molecule has 21 heavy (non-hydrogen) atoms. The van der Waals surface area contributed by atoms with E-state index in [4.69, 9.17) is 0 Å². The summed E-state index contributed by atoms with van der Waals surface area (Å²) in [6.45, 7) is 2.91. The predicted octanol–water partition coefficient (Wildman–Crippen LogP) is 3.32. The van der Waals surface area contributed by atoms with Gasteiger partial charge in [-0.2, -0.15) is 0 Å². The number of aliphatic hydroxyl groups is 1. The van der Waals surface area contributed by atoms with Crippen LogP contribution >= 0.6 is 0 Å². The minimum Gasteiger partial charge on any atom is -0.390 e. The Morgan fingerprint density at radius 3 is 2.48 bits per heavy atom. The van der Waals surface area contributed by atoms with Gasteiger partial charge in [-0.05, 0) is 56.7 Å². The van der Waals surface area contributed by atoms with E-state index >= 15 is 0 Å². The molecular weight excluding hydrogens is 262 g/mol. The fourth-order valence-corrected chi connectivity index (χ4v) is 4.00. The van der Waals surface area contributed by atoms with Gasteiger partial charge in [0, 0.05) is 12.2 Å². The Bertz CT molecular complexity index is 503. The molecule has 3 rings (SSSR count). The maximum atomic E-state index is 12.9. The normalized spacial score (nSPS) is 32.9. The third-order valence-electron chi connectivity index (χ3n) is 5.38. The molecule has 1 heterocycles. The topological polar surface area (TPSA) is 40.5 Å². The van der Waals surface area contributed by atoms with Gasteiger partial charge >= 0.3 is 0 Å². The van der Waals surface area contributed by atoms with E-state index in [1.807, 2.05) is 29.2 Å². The van der Waals surface area contributed by atoms with Crippen molar-refractivity contribution in [3.63, 3.8) is 0 Å². The predicted molar refractivity (Wildman–Crippen MR) is 83.0 cm³/mol. The third-order valence-corrected chi connectivity index (χ3v) is 5.38. The van der Waals surface area contributed by atoms with Crippen molar-refractivity contribution in [1.29, 1.82) is 0 Å². The first-order chi connectivity index (χ1) is 10.1. The largest absolute Gasteiger partial charge is 0.390 e. The number of amides is 1. The SMILES string of the molecule is CCC[C@]1(O)CC[C@]2(CCN(c3cc[c]cc3)C2=O)CC1. The summed E-state index contributed by atoms with van der Waals surface area (Å²) in [5.41, 5.74) is 0.222. The molecule has 1 saturated carbocycles. The van der Waals surface area contributed by atoms with Crippen molar-refractivity contribution in [1.82, 2.24) is 0 Å². The van der Waals surface area contributed by atoms with Crippen molar-refractivity contribution >= 4 is 11.6 Å². The molecule has 1 amide bonds. The quantitative estimate of drug-likeness (QED) is 0.926. The molecule has 1 radical (unpaired) electrons. The van der Waals surface area contributed by atoms with Crippen LogP contribution < -0.4 is 4.90 Å². The Kier molecular flexibility index (Phi) is 3.78. The number of nitrogens with zero attached hydrogens (tertiary/aromatic N) is 1. The van der Waals surface area contributed by atoms with Gasteiger partial charge in [0.15, 0.2) is 0 Å². The van der Waals surface area contributed by atoms with E-state index in [2.05, 4.69) is 13.0 Å². The number of rotatable bonds is 3. The van der Waals surface area contributed by atoms with E-state index in [9.17, 15) is 9.90 Å². The van der Waals surface area contributed by atoms with Crippen LogP contribution in [0.2, 0.25) is 0 Å². The summed E-state index contributed by atoms with van der Waals surface area (Å²) in [5, 5.41) is 10.6. The smallest absolute Gasteiger partial charge is 0.233 e. The summed E-state index contributed by atoms with van der Waals surface area (Å²) in [6, 6.07) is 10.6. The Hall–Kier alpha value is -1.35. The summed E-state index contributed by atoms with van der Waals surface area (Å²) < 4.78 is 0. The van der Waals surface area contributed by atoms with Gasteiger partial charge in [-0.15, -0.1) is 0 Å². The summed E-state index contributed by atoms with van der Waals surface area (Å²) in [4.78, 5) is 14.8. The summed E-state index contributed by atoms with van der Waals surface area (Å²) >= 11 is 0. The van der Waals surface area contributed by atoms with Crippen molar-refractivity contribution in [3.8, 4) is 0 Å². The molecule has 0 bridgehead atoms. The molecule has 2 aliphatic rings. The molecule has 1 N–H and O–H groups in total. The van der Waals surface area contributed by atoms with E-state index in [1.165, 1.54) is 0 Å². The maximum absolute atomic E-state index is 12.9. The molecule has 1 aromatic rings. The fraction of sp³-hybridized carbons (Fsp3) is 0.611. The van der Waals surface area contributed by atoms with Gasteiger partial charge in [-0.3, -0.25) is 4.79 Å².